The third-order valence-corrected chi connectivity index (χ3v) is 2.69. The molecule has 1 aromatic carbocycles. The normalized spacial score (nSPS) is 11.6. The number of aliphatic hydroxyl groups excluding tert-OH is 1. The first kappa shape index (κ1) is 12.9. The third kappa shape index (κ3) is 3.44. The zero-order chi connectivity index (χ0) is 13.7. The number of nitrogens with one attached hydrogen (secondary N) is 1. The quantitative estimate of drug-likeness (QED) is 0.721. The summed E-state index contributed by atoms with van der Waals surface area (Å²) in [4.78, 5) is 4.06. The molecule has 2 rings (SSSR count). The standard InChI is InChI=1S/C14H14N4O/c15-7-10-1-6-14(17-8-10)18-9-13(19)11-2-4-12(16)5-3-11/h1-6,8,13,19H,9,16H2,(H,17,18). The molecule has 0 saturated carbocycles. The number of hydrogen-bond donors (Lipinski definition) is 3. The molecular weight excluding hydrogens is 240 g/mol. The van der Waals surface area contributed by atoms with E-state index in [1.54, 1.807) is 36.4 Å². The first-order valence-corrected chi connectivity index (χ1v) is 5.82. The maximum absolute atomic E-state index is 9.99. The fourth-order valence-electron chi connectivity index (χ4n) is 1.60. The lowest BCUT2D eigenvalue weighted by atomic mass is 10.1. The number of aliphatic hydroxyl groups is 1. The number of hydrogen-bond acceptors (Lipinski definition) is 5. The smallest absolute Gasteiger partial charge is 0.126 e. The second-order valence-corrected chi connectivity index (χ2v) is 4.11. The van der Waals surface area contributed by atoms with Crippen molar-refractivity contribution in [1.82, 2.24) is 4.98 Å². The monoisotopic (exact) mass is 254 g/mol. The Labute approximate surface area is 111 Å². The second-order valence-electron chi connectivity index (χ2n) is 4.11. The lowest BCUT2D eigenvalue weighted by Gasteiger charge is -2.12. The fraction of sp³-hybridized carbons (Fsp3) is 0.143. The van der Waals surface area contributed by atoms with Gasteiger partial charge < -0.3 is 16.2 Å². The molecule has 0 amide bonds. The van der Waals surface area contributed by atoms with E-state index < -0.39 is 6.10 Å². The number of pyridine rings is 1. The van der Waals surface area contributed by atoms with Gasteiger partial charge >= 0.3 is 0 Å². The minimum Gasteiger partial charge on any atom is -0.399 e. The molecule has 1 atom stereocenters. The van der Waals surface area contributed by atoms with Gasteiger partial charge in [-0.1, -0.05) is 12.1 Å². The number of anilines is 2. The van der Waals surface area contributed by atoms with Gasteiger partial charge in [-0.05, 0) is 29.8 Å². The molecule has 5 nitrogen and oxygen atoms in total. The molecule has 0 radical (unpaired) electrons. The Balaban J connectivity index is 1.94. The SMILES string of the molecule is N#Cc1ccc(NCC(O)c2ccc(N)cc2)nc1. The number of nitrogen functional groups attached to an aromatic ring is 1. The number of nitrogens with two attached hydrogens (primary N) is 1. The van der Waals surface area contributed by atoms with Gasteiger partial charge in [-0.15, -0.1) is 0 Å². The van der Waals surface area contributed by atoms with Crippen molar-refractivity contribution < 1.29 is 5.11 Å². The Morgan fingerprint density at radius 2 is 2.00 bits per heavy atom. The van der Waals surface area contributed by atoms with Crippen LogP contribution >= 0.6 is 0 Å². The van der Waals surface area contributed by atoms with Crippen LogP contribution < -0.4 is 11.1 Å². The average molecular weight is 254 g/mol. The van der Waals surface area contributed by atoms with Crippen LogP contribution in [-0.4, -0.2) is 16.6 Å². The molecule has 0 aliphatic carbocycles. The van der Waals surface area contributed by atoms with E-state index in [4.69, 9.17) is 11.0 Å². The highest BCUT2D eigenvalue weighted by Gasteiger charge is 2.07. The molecule has 4 N–H and O–H groups in total. The van der Waals surface area contributed by atoms with Gasteiger partial charge in [0.15, 0.2) is 0 Å². The lowest BCUT2D eigenvalue weighted by Crippen LogP contribution is -2.12. The zero-order valence-electron chi connectivity index (χ0n) is 10.2. The predicted molar refractivity (Wildman–Crippen MR) is 73.3 cm³/mol. The van der Waals surface area contributed by atoms with Crippen LogP contribution in [0.5, 0.6) is 0 Å². The van der Waals surface area contributed by atoms with E-state index in [0.29, 0.717) is 23.6 Å². The first-order chi connectivity index (χ1) is 9.19. The Hall–Kier alpha value is -2.58. The van der Waals surface area contributed by atoms with E-state index >= 15 is 0 Å². The minimum absolute atomic E-state index is 0.336. The van der Waals surface area contributed by atoms with E-state index in [2.05, 4.69) is 10.3 Å². The molecule has 0 aliphatic heterocycles. The summed E-state index contributed by atoms with van der Waals surface area (Å²) in [6.07, 6.45) is 0.843. The van der Waals surface area contributed by atoms with Crippen LogP contribution in [0.2, 0.25) is 0 Å². The van der Waals surface area contributed by atoms with Crippen LogP contribution in [-0.2, 0) is 0 Å². The average Bonchev–Trinajstić information content (AvgIpc) is 2.46. The van der Waals surface area contributed by atoms with Gasteiger partial charge in [-0.2, -0.15) is 5.26 Å². The van der Waals surface area contributed by atoms with Crippen LogP contribution in [0, 0.1) is 11.3 Å². The molecule has 1 aromatic heterocycles. The number of aromatic nitrogens is 1. The van der Waals surface area contributed by atoms with Crippen molar-refractivity contribution >= 4 is 11.5 Å². The maximum atomic E-state index is 9.99. The number of rotatable bonds is 4. The molecule has 5 heteroatoms. The van der Waals surface area contributed by atoms with Crippen molar-refractivity contribution in [2.24, 2.45) is 0 Å². The van der Waals surface area contributed by atoms with Crippen molar-refractivity contribution in [1.29, 1.82) is 5.26 Å². The van der Waals surface area contributed by atoms with E-state index in [9.17, 15) is 5.11 Å². The molecule has 0 aliphatic rings. The number of benzene rings is 1. The van der Waals surface area contributed by atoms with Crippen LogP contribution in [0.3, 0.4) is 0 Å². The van der Waals surface area contributed by atoms with E-state index in [-0.39, 0.29) is 0 Å². The van der Waals surface area contributed by atoms with Crippen LogP contribution in [0.25, 0.3) is 0 Å². The summed E-state index contributed by atoms with van der Waals surface area (Å²) in [7, 11) is 0. The highest BCUT2D eigenvalue weighted by molar-refractivity contribution is 5.41. The fourth-order valence-corrected chi connectivity index (χ4v) is 1.60. The van der Waals surface area contributed by atoms with Gasteiger partial charge in [0, 0.05) is 18.4 Å². The minimum atomic E-state index is -0.641. The van der Waals surface area contributed by atoms with Crippen LogP contribution in [0.15, 0.2) is 42.6 Å². The molecule has 1 unspecified atom stereocenters. The first-order valence-electron chi connectivity index (χ1n) is 5.82. The van der Waals surface area contributed by atoms with Crippen molar-refractivity contribution in [3.63, 3.8) is 0 Å². The largest absolute Gasteiger partial charge is 0.399 e. The Bertz CT molecular complexity index is 572. The van der Waals surface area contributed by atoms with E-state index in [1.165, 1.54) is 6.20 Å². The molecule has 0 fully saturated rings. The summed E-state index contributed by atoms with van der Waals surface area (Å²) in [6, 6.07) is 12.4. The van der Waals surface area contributed by atoms with Crippen molar-refractivity contribution in [3.8, 4) is 6.07 Å². The highest BCUT2D eigenvalue weighted by atomic mass is 16.3. The Morgan fingerprint density at radius 1 is 1.26 bits per heavy atom. The summed E-state index contributed by atoms with van der Waals surface area (Å²) >= 11 is 0. The van der Waals surface area contributed by atoms with Gasteiger partial charge in [-0.25, -0.2) is 4.98 Å². The predicted octanol–water partition coefficient (Wildman–Crippen LogP) is 1.68. The van der Waals surface area contributed by atoms with Crippen LogP contribution in [0.1, 0.15) is 17.2 Å². The van der Waals surface area contributed by atoms with Gasteiger partial charge in [0.25, 0.3) is 0 Å². The molecule has 2 aromatic rings. The van der Waals surface area contributed by atoms with Gasteiger partial charge in [0.2, 0.25) is 0 Å². The molecule has 0 saturated heterocycles. The Kier molecular flexibility index (Phi) is 3.96. The molecule has 1 heterocycles. The Morgan fingerprint density at radius 3 is 2.58 bits per heavy atom. The zero-order valence-corrected chi connectivity index (χ0v) is 10.2. The summed E-state index contributed by atoms with van der Waals surface area (Å²) in [5, 5.41) is 21.7. The lowest BCUT2D eigenvalue weighted by molar-refractivity contribution is 0.191. The molecule has 19 heavy (non-hydrogen) atoms. The molecular formula is C14H14N4O. The van der Waals surface area contributed by atoms with Crippen molar-refractivity contribution in [3.05, 3.63) is 53.7 Å². The molecule has 0 bridgehead atoms. The summed E-state index contributed by atoms with van der Waals surface area (Å²) in [5.74, 6) is 0.619. The van der Waals surface area contributed by atoms with Gasteiger partial charge in [-0.3, -0.25) is 0 Å². The number of nitrogens with zero attached hydrogens (tertiary/aromatic N) is 2. The van der Waals surface area contributed by atoms with Gasteiger partial charge in [0.05, 0.1) is 11.7 Å². The van der Waals surface area contributed by atoms with Crippen LogP contribution in [0.4, 0.5) is 11.5 Å². The van der Waals surface area contributed by atoms with E-state index in [0.717, 1.165) is 5.56 Å². The molecule has 96 valence electrons. The molecule has 0 spiro atoms. The van der Waals surface area contributed by atoms with Crippen molar-refractivity contribution in [2.75, 3.05) is 17.6 Å². The summed E-state index contributed by atoms with van der Waals surface area (Å²) in [6.45, 7) is 0.336. The topological polar surface area (TPSA) is 95.0 Å². The third-order valence-electron chi connectivity index (χ3n) is 2.69. The summed E-state index contributed by atoms with van der Waals surface area (Å²) in [5.41, 5.74) is 7.54. The van der Waals surface area contributed by atoms with E-state index in [1.807, 2.05) is 6.07 Å². The summed E-state index contributed by atoms with van der Waals surface area (Å²) < 4.78 is 0. The second kappa shape index (κ2) is 5.85. The maximum Gasteiger partial charge on any atom is 0.126 e. The number of nitriles is 1. The van der Waals surface area contributed by atoms with Gasteiger partial charge in [0.1, 0.15) is 11.9 Å². The highest BCUT2D eigenvalue weighted by Crippen LogP contribution is 2.15. The van der Waals surface area contributed by atoms with Crippen molar-refractivity contribution in [2.45, 2.75) is 6.10 Å².